The average molecular weight is 763 g/mol. The molecule has 2 rings (SSSR count). The number of aliphatic carboxylic acids is 2. The van der Waals surface area contributed by atoms with Crippen molar-refractivity contribution in [1.82, 2.24) is 10.6 Å². The van der Waals surface area contributed by atoms with Crippen LogP contribution >= 0.6 is 0 Å². The molecule has 2 saturated heterocycles. The Morgan fingerprint density at radius 1 is 0.887 bits per heavy atom. The van der Waals surface area contributed by atoms with Gasteiger partial charge in [-0.3, -0.25) is 14.4 Å². The first-order valence-corrected chi connectivity index (χ1v) is 17.0. The van der Waals surface area contributed by atoms with Crippen LogP contribution in [0.25, 0.3) is 0 Å². The second-order valence-corrected chi connectivity index (χ2v) is 13.4. The summed E-state index contributed by atoms with van der Waals surface area (Å²) in [6, 6.07) is -2.36. The fourth-order valence-corrected chi connectivity index (χ4v) is 6.16. The van der Waals surface area contributed by atoms with Crippen LogP contribution in [0.15, 0.2) is 0 Å². The normalized spacial score (nSPS) is 33.2. The van der Waals surface area contributed by atoms with E-state index in [1.807, 2.05) is 6.92 Å². The van der Waals surface area contributed by atoms with E-state index < -0.39 is 115 Å². The second-order valence-electron chi connectivity index (χ2n) is 13.4. The summed E-state index contributed by atoms with van der Waals surface area (Å²) in [5, 5.41) is 62.5. The molecule has 0 bridgehead atoms. The summed E-state index contributed by atoms with van der Waals surface area (Å²) in [7, 11) is 0. The van der Waals surface area contributed by atoms with Gasteiger partial charge in [-0.1, -0.05) is 20.8 Å². The van der Waals surface area contributed by atoms with Crippen molar-refractivity contribution in [2.45, 2.75) is 146 Å². The van der Waals surface area contributed by atoms with Crippen LogP contribution in [-0.4, -0.2) is 139 Å². The number of carbonyl (C=O) groups excluding carboxylic acids is 3. The Kier molecular flexibility index (Phi) is 18.2. The van der Waals surface area contributed by atoms with Crippen LogP contribution in [-0.2, 0) is 38.2 Å². The first-order chi connectivity index (χ1) is 24.6. The summed E-state index contributed by atoms with van der Waals surface area (Å²) < 4.78 is 45.6. The van der Waals surface area contributed by atoms with Gasteiger partial charge in [-0.25, -0.2) is 18.4 Å². The Morgan fingerprint density at radius 3 is 1.75 bits per heavy atom. The van der Waals surface area contributed by atoms with Crippen molar-refractivity contribution >= 4 is 29.7 Å². The van der Waals surface area contributed by atoms with Gasteiger partial charge in [-0.2, -0.15) is 0 Å². The number of esters is 1. The molecule has 0 radical (unpaired) electrons. The van der Waals surface area contributed by atoms with Crippen LogP contribution in [0, 0.1) is 36.5 Å². The summed E-state index contributed by atoms with van der Waals surface area (Å²) in [6.07, 6.45) is -2.27. The quantitative estimate of drug-likeness (QED) is 0.0782. The SMILES string of the molecule is C#CCCC(=O)N[C@H]1C([C@H](C)[C@@H](CC)OC(C)=O)O[C@@](C)(C(=O)O)C(F)[C@H]1C.C#CCCC(=O)N[C@H]1C([C@H](O)[C@H](O)CO)O[C@@](C)(C(=O)O)C(F)[C@H]1O. The fourth-order valence-electron chi connectivity index (χ4n) is 6.16. The van der Waals surface area contributed by atoms with Gasteiger partial charge in [-0.05, 0) is 20.3 Å². The van der Waals surface area contributed by atoms with Gasteiger partial charge in [0.05, 0.1) is 24.8 Å². The number of halogens is 2. The standard InChI is InChI=1S/C20H30FNO6.C15H22FNO8/c1-7-9-10-15(24)22-16-12(4)18(21)20(6,19(25)26)28-17(16)11(3)14(8-2)27-13(5)23;1-3-4-5-8(20)17-9-11(22)13(16)15(2,14(23)24)25-12(9)10(21)7(19)6-18/h1,11-12,14,16-18H,8-10H2,2-6H3,(H,22,24)(H,25,26);1,7,9-13,18-19,21-22H,4-6H2,2H3,(H,17,20)(H,23,24)/t11-,12+,14-,16-,17?,18?,20-;7-,9-,10-,11+,12?,13?,15-/m11/s1. The minimum atomic E-state index is -2.53. The Labute approximate surface area is 306 Å². The molecule has 14 atom stereocenters. The van der Waals surface area contributed by atoms with Crippen molar-refractivity contribution in [3.63, 3.8) is 0 Å². The number of nitrogens with one attached hydrogen (secondary N) is 2. The highest BCUT2D eigenvalue weighted by molar-refractivity contribution is 5.80. The average Bonchev–Trinajstić information content (AvgIpc) is 3.11. The molecule has 53 heavy (non-hydrogen) atoms. The van der Waals surface area contributed by atoms with Crippen molar-refractivity contribution in [2.75, 3.05) is 6.61 Å². The Morgan fingerprint density at radius 2 is 1.34 bits per heavy atom. The molecular weight excluding hydrogens is 710 g/mol. The Balaban J connectivity index is 0.000000533. The predicted molar refractivity (Wildman–Crippen MR) is 181 cm³/mol. The first-order valence-electron chi connectivity index (χ1n) is 17.0. The van der Waals surface area contributed by atoms with Gasteiger partial charge in [0, 0.05) is 44.4 Å². The molecule has 0 aromatic rings. The molecule has 0 aromatic carbocycles. The van der Waals surface area contributed by atoms with E-state index in [2.05, 4.69) is 22.5 Å². The molecule has 0 saturated carbocycles. The highest BCUT2D eigenvalue weighted by Gasteiger charge is 2.60. The topological polar surface area (TPSA) is 258 Å². The smallest absolute Gasteiger partial charge is 0.338 e. The number of carbonyl (C=O) groups is 5. The minimum absolute atomic E-state index is 0.0634. The number of amides is 2. The maximum absolute atomic E-state index is 15.0. The number of hydrogen-bond donors (Lipinski definition) is 8. The third kappa shape index (κ3) is 11.5. The molecule has 8 N–H and O–H groups in total. The lowest BCUT2D eigenvalue weighted by Gasteiger charge is -2.49. The van der Waals surface area contributed by atoms with Crippen LogP contribution in [0.5, 0.6) is 0 Å². The van der Waals surface area contributed by atoms with Crippen molar-refractivity contribution in [1.29, 1.82) is 0 Å². The number of hydrogen-bond acceptors (Lipinski definition) is 12. The molecular formula is C35H52F2N2O14. The van der Waals surface area contributed by atoms with Crippen LogP contribution in [0.4, 0.5) is 8.78 Å². The summed E-state index contributed by atoms with van der Waals surface area (Å²) in [5.74, 6) is -1.46. The van der Waals surface area contributed by atoms with Crippen LogP contribution < -0.4 is 10.6 Å². The van der Waals surface area contributed by atoms with E-state index in [-0.39, 0.29) is 31.6 Å². The number of carboxylic acid groups (broad SMARTS) is 2. The molecule has 2 amide bonds. The number of aliphatic hydroxyl groups is 4. The van der Waals surface area contributed by atoms with Crippen LogP contribution in [0.3, 0.4) is 0 Å². The molecule has 0 spiro atoms. The van der Waals surface area contributed by atoms with Crippen molar-refractivity contribution in [2.24, 2.45) is 11.8 Å². The zero-order valence-corrected chi connectivity index (χ0v) is 30.5. The number of alkyl halides is 2. The van der Waals surface area contributed by atoms with Gasteiger partial charge in [0.15, 0.2) is 17.4 Å². The van der Waals surface area contributed by atoms with Gasteiger partial charge in [0.25, 0.3) is 0 Å². The van der Waals surface area contributed by atoms with Crippen LogP contribution in [0.2, 0.25) is 0 Å². The molecule has 2 aliphatic heterocycles. The lowest BCUT2D eigenvalue weighted by molar-refractivity contribution is -0.247. The summed E-state index contributed by atoms with van der Waals surface area (Å²) in [5.41, 5.74) is -4.60. The zero-order valence-electron chi connectivity index (χ0n) is 30.5. The highest BCUT2D eigenvalue weighted by Crippen LogP contribution is 2.40. The fraction of sp³-hybridized carbons (Fsp3) is 0.743. The monoisotopic (exact) mass is 762 g/mol. The first kappa shape index (κ1) is 47.1. The third-order valence-electron chi connectivity index (χ3n) is 9.46. The molecule has 0 aliphatic carbocycles. The highest BCUT2D eigenvalue weighted by atomic mass is 19.1. The van der Waals surface area contributed by atoms with E-state index in [0.29, 0.717) is 6.42 Å². The second kappa shape index (κ2) is 20.5. The molecule has 0 aromatic heterocycles. The minimum Gasteiger partial charge on any atom is -0.479 e. The van der Waals surface area contributed by atoms with Gasteiger partial charge in [0.2, 0.25) is 11.8 Å². The molecule has 16 nitrogen and oxygen atoms in total. The van der Waals surface area contributed by atoms with E-state index in [1.165, 1.54) is 20.8 Å². The maximum atomic E-state index is 15.0. The molecule has 2 heterocycles. The van der Waals surface area contributed by atoms with Crippen molar-refractivity contribution in [3.8, 4) is 24.7 Å². The summed E-state index contributed by atoms with van der Waals surface area (Å²) in [6.45, 7) is 7.48. The molecule has 2 fully saturated rings. The number of terminal acetylenes is 2. The summed E-state index contributed by atoms with van der Waals surface area (Å²) in [4.78, 5) is 58.5. The Bertz CT molecular complexity index is 1370. The van der Waals surface area contributed by atoms with Gasteiger partial charge in [0.1, 0.15) is 36.7 Å². The van der Waals surface area contributed by atoms with E-state index in [0.717, 1.165) is 6.92 Å². The Hall–Kier alpha value is -3.91. The molecule has 2 aliphatic rings. The third-order valence-corrected chi connectivity index (χ3v) is 9.46. The molecule has 300 valence electrons. The number of aliphatic hydroxyl groups excluding tert-OH is 4. The lowest BCUT2D eigenvalue weighted by Crippen LogP contribution is -2.71. The molecule has 4 unspecified atom stereocenters. The summed E-state index contributed by atoms with van der Waals surface area (Å²) >= 11 is 0. The number of ether oxygens (including phenoxy) is 3. The number of rotatable bonds is 15. The van der Waals surface area contributed by atoms with E-state index in [4.69, 9.17) is 32.2 Å². The number of carboxylic acids is 2. The lowest BCUT2D eigenvalue weighted by atomic mass is 9.75. The van der Waals surface area contributed by atoms with E-state index in [1.54, 1.807) is 6.92 Å². The van der Waals surface area contributed by atoms with E-state index >= 15 is 0 Å². The predicted octanol–water partition coefficient (Wildman–Crippen LogP) is -0.381. The molecule has 18 heteroatoms. The van der Waals surface area contributed by atoms with Crippen molar-refractivity contribution in [3.05, 3.63) is 0 Å². The maximum Gasteiger partial charge on any atom is 0.338 e. The zero-order chi connectivity index (χ0) is 41.0. The largest absolute Gasteiger partial charge is 0.479 e. The van der Waals surface area contributed by atoms with Gasteiger partial charge in [-0.15, -0.1) is 24.7 Å². The van der Waals surface area contributed by atoms with Crippen molar-refractivity contribution < 1.29 is 77.6 Å². The van der Waals surface area contributed by atoms with E-state index in [9.17, 15) is 58.3 Å². The van der Waals surface area contributed by atoms with Crippen LogP contribution in [0.1, 0.15) is 73.6 Å². The van der Waals surface area contributed by atoms with Gasteiger partial charge >= 0.3 is 17.9 Å². The van der Waals surface area contributed by atoms with Gasteiger partial charge < -0.3 is 55.5 Å².